The molecule has 2 N–H and O–H groups in total. The molecule has 0 spiro atoms. The van der Waals surface area contributed by atoms with Gasteiger partial charge in [0.05, 0.1) is 6.20 Å². The van der Waals surface area contributed by atoms with Crippen LogP contribution in [0.1, 0.15) is 25.5 Å². The van der Waals surface area contributed by atoms with Crippen LogP contribution in [-0.2, 0) is 6.42 Å². The highest BCUT2D eigenvalue weighted by Crippen LogP contribution is 2.16. The molecule has 0 saturated carbocycles. The van der Waals surface area contributed by atoms with Gasteiger partial charge in [0.2, 0.25) is 0 Å². The Kier molecular flexibility index (Phi) is 2.68. The zero-order valence-electron chi connectivity index (χ0n) is 9.14. The Hall–Kier alpha value is -1.42. The first-order valence-electron chi connectivity index (χ1n) is 5.24. The standard InChI is InChI=1S/C11H16N4/c1-8(2)15-11-10(7-14-15)5-9(3-4-12)6-13-11/h5-8H,3-4,12H2,1-2H3. The van der Waals surface area contributed by atoms with Crippen LogP contribution >= 0.6 is 0 Å². The average molecular weight is 204 g/mol. The molecule has 0 amide bonds. The first-order chi connectivity index (χ1) is 7.22. The lowest BCUT2D eigenvalue weighted by Crippen LogP contribution is -2.05. The smallest absolute Gasteiger partial charge is 0.157 e. The van der Waals surface area contributed by atoms with Gasteiger partial charge in [-0.2, -0.15) is 5.10 Å². The quantitative estimate of drug-likeness (QED) is 0.824. The third kappa shape index (κ3) is 1.85. The molecular weight excluding hydrogens is 188 g/mol. The van der Waals surface area contributed by atoms with Crippen molar-refractivity contribution in [2.45, 2.75) is 26.3 Å². The lowest BCUT2D eigenvalue weighted by atomic mass is 10.2. The van der Waals surface area contributed by atoms with Gasteiger partial charge in [0.1, 0.15) is 0 Å². The van der Waals surface area contributed by atoms with Crippen LogP contribution in [0.25, 0.3) is 11.0 Å². The molecule has 4 heteroatoms. The largest absolute Gasteiger partial charge is 0.330 e. The highest BCUT2D eigenvalue weighted by molar-refractivity contribution is 5.75. The molecule has 0 saturated heterocycles. The molecule has 0 aliphatic carbocycles. The number of rotatable bonds is 3. The predicted octanol–water partition coefficient (Wildman–Crippen LogP) is 1.51. The Balaban J connectivity index is 2.47. The predicted molar refractivity (Wildman–Crippen MR) is 60.7 cm³/mol. The van der Waals surface area contributed by atoms with Gasteiger partial charge in [0.25, 0.3) is 0 Å². The molecule has 0 fully saturated rings. The molecule has 2 rings (SSSR count). The van der Waals surface area contributed by atoms with Crippen LogP contribution in [0.2, 0.25) is 0 Å². The second-order valence-electron chi connectivity index (χ2n) is 3.98. The minimum Gasteiger partial charge on any atom is -0.330 e. The molecule has 2 heterocycles. The number of pyridine rings is 1. The van der Waals surface area contributed by atoms with E-state index in [0.717, 1.165) is 17.5 Å². The van der Waals surface area contributed by atoms with Gasteiger partial charge >= 0.3 is 0 Å². The molecule has 0 aromatic carbocycles. The van der Waals surface area contributed by atoms with Gasteiger partial charge in [-0.1, -0.05) is 0 Å². The van der Waals surface area contributed by atoms with Crippen LogP contribution in [0.3, 0.4) is 0 Å². The van der Waals surface area contributed by atoms with E-state index in [4.69, 9.17) is 5.73 Å². The second-order valence-corrected chi connectivity index (χ2v) is 3.98. The lowest BCUT2D eigenvalue weighted by molar-refractivity contribution is 0.546. The third-order valence-electron chi connectivity index (χ3n) is 2.41. The van der Waals surface area contributed by atoms with Crippen molar-refractivity contribution in [2.75, 3.05) is 6.54 Å². The zero-order valence-corrected chi connectivity index (χ0v) is 9.14. The van der Waals surface area contributed by atoms with Gasteiger partial charge in [0.15, 0.2) is 5.65 Å². The van der Waals surface area contributed by atoms with E-state index in [1.807, 2.05) is 17.1 Å². The van der Waals surface area contributed by atoms with Gasteiger partial charge in [-0.15, -0.1) is 0 Å². The minimum absolute atomic E-state index is 0.343. The summed E-state index contributed by atoms with van der Waals surface area (Å²) in [6, 6.07) is 2.46. The molecule has 80 valence electrons. The molecule has 0 radical (unpaired) electrons. The van der Waals surface area contributed by atoms with Crippen molar-refractivity contribution in [2.24, 2.45) is 5.73 Å². The first-order valence-corrected chi connectivity index (χ1v) is 5.24. The van der Waals surface area contributed by atoms with Gasteiger partial charge in [0, 0.05) is 17.6 Å². The summed E-state index contributed by atoms with van der Waals surface area (Å²) in [5.74, 6) is 0. The fourth-order valence-electron chi connectivity index (χ4n) is 1.67. The van der Waals surface area contributed by atoms with Crippen LogP contribution in [0.4, 0.5) is 0 Å². The molecule has 0 atom stereocenters. The Morgan fingerprint density at radius 3 is 2.87 bits per heavy atom. The van der Waals surface area contributed by atoms with E-state index in [1.165, 1.54) is 5.56 Å². The fraction of sp³-hybridized carbons (Fsp3) is 0.455. The molecular formula is C11H16N4. The summed E-state index contributed by atoms with van der Waals surface area (Å²) in [6.07, 6.45) is 4.62. The normalized spacial score (nSPS) is 11.5. The van der Waals surface area contributed by atoms with Crippen molar-refractivity contribution < 1.29 is 0 Å². The number of nitrogens with zero attached hydrogens (tertiary/aromatic N) is 3. The SMILES string of the molecule is CC(C)n1ncc2cc(CCN)cnc21. The number of aromatic nitrogens is 3. The molecule has 4 nitrogen and oxygen atoms in total. The summed E-state index contributed by atoms with van der Waals surface area (Å²) in [7, 11) is 0. The fourth-order valence-corrected chi connectivity index (χ4v) is 1.67. The third-order valence-corrected chi connectivity index (χ3v) is 2.41. The highest BCUT2D eigenvalue weighted by Gasteiger charge is 2.07. The molecule has 15 heavy (non-hydrogen) atoms. The summed E-state index contributed by atoms with van der Waals surface area (Å²) < 4.78 is 1.93. The van der Waals surface area contributed by atoms with Gasteiger partial charge < -0.3 is 5.73 Å². The molecule has 2 aromatic rings. The van der Waals surface area contributed by atoms with Crippen LogP contribution in [0.15, 0.2) is 18.5 Å². The second kappa shape index (κ2) is 3.98. The van der Waals surface area contributed by atoms with Crippen molar-refractivity contribution >= 4 is 11.0 Å². The maximum atomic E-state index is 5.51. The number of fused-ring (bicyclic) bond motifs is 1. The van der Waals surface area contributed by atoms with E-state index >= 15 is 0 Å². The minimum atomic E-state index is 0.343. The van der Waals surface area contributed by atoms with Gasteiger partial charge in [-0.05, 0) is 38.4 Å². The van der Waals surface area contributed by atoms with Crippen molar-refractivity contribution in [3.05, 3.63) is 24.0 Å². The summed E-state index contributed by atoms with van der Waals surface area (Å²) in [6.45, 7) is 4.86. The van der Waals surface area contributed by atoms with Crippen molar-refractivity contribution in [1.82, 2.24) is 14.8 Å². The average Bonchev–Trinajstić information content (AvgIpc) is 2.61. The topological polar surface area (TPSA) is 56.7 Å². The molecule has 0 aliphatic rings. The first kappa shape index (κ1) is 10.1. The molecule has 0 bridgehead atoms. The van der Waals surface area contributed by atoms with Crippen LogP contribution in [-0.4, -0.2) is 21.3 Å². The Morgan fingerprint density at radius 2 is 2.20 bits per heavy atom. The Labute approximate surface area is 89.1 Å². The summed E-state index contributed by atoms with van der Waals surface area (Å²) >= 11 is 0. The van der Waals surface area contributed by atoms with Crippen LogP contribution in [0, 0.1) is 0 Å². The van der Waals surface area contributed by atoms with Gasteiger partial charge in [-0.3, -0.25) is 0 Å². The van der Waals surface area contributed by atoms with E-state index in [1.54, 1.807) is 0 Å². The van der Waals surface area contributed by atoms with E-state index in [2.05, 4.69) is 30.0 Å². The summed E-state index contributed by atoms with van der Waals surface area (Å²) in [5.41, 5.74) is 7.63. The van der Waals surface area contributed by atoms with Gasteiger partial charge in [-0.25, -0.2) is 9.67 Å². The van der Waals surface area contributed by atoms with Crippen LogP contribution < -0.4 is 5.73 Å². The molecule has 2 aromatic heterocycles. The Morgan fingerprint density at radius 1 is 1.40 bits per heavy atom. The maximum absolute atomic E-state index is 5.51. The van der Waals surface area contributed by atoms with E-state index in [9.17, 15) is 0 Å². The van der Waals surface area contributed by atoms with Crippen molar-refractivity contribution in [3.63, 3.8) is 0 Å². The summed E-state index contributed by atoms with van der Waals surface area (Å²) in [5, 5.41) is 5.41. The van der Waals surface area contributed by atoms with E-state index in [-0.39, 0.29) is 0 Å². The monoisotopic (exact) mass is 204 g/mol. The van der Waals surface area contributed by atoms with E-state index < -0.39 is 0 Å². The van der Waals surface area contributed by atoms with Crippen molar-refractivity contribution in [1.29, 1.82) is 0 Å². The van der Waals surface area contributed by atoms with Crippen molar-refractivity contribution in [3.8, 4) is 0 Å². The summed E-state index contributed by atoms with van der Waals surface area (Å²) in [4.78, 5) is 4.43. The number of hydrogen-bond donors (Lipinski definition) is 1. The lowest BCUT2D eigenvalue weighted by Gasteiger charge is -2.06. The zero-order chi connectivity index (χ0) is 10.8. The van der Waals surface area contributed by atoms with Crippen LogP contribution in [0.5, 0.6) is 0 Å². The van der Waals surface area contributed by atoms with E-state index in [0.29, 0.717) is 12.6 Å². The molecule has 0 aliphatic heterocycles. The maximum Gasteiger partial charge on any atom is 0.157 e. The number of hydrogen-bond acceptors (Lipinski definition) is 3. The number of nitrogens with two attached hydrogens (primary N) is 1. The highest BCUT2D eigenvalue weighted by atomic mass is 15.3. The Bertz CT molecular complexity index is 459. The molecule has 0 unspecified atom stereocenters.